The van der Waals surface area contributed by atoms with E-state index in [9.17, 15) is 4.79 Å². The molecule has 7 heteroatoms. The maximum atomic E-state index is 11.7. The molecule has 29 heavy (non-hydrogen) atoms. The highest BCUT2D eigenvalue weighted by Crippen LogP contribution is 2.28. The molecule has 0 saturated heterocycles. The lowest BCUT2D eigenvalue weighted by Gasteiger charge is -2.15. The minimum atomic E-state index is -0.344. The van der Waals surface area contributed by atoms with E-state index < -0.39 is 0 Å². The van der Waals surface area contributed by atoms with Crippen LogP contribution >= 0.6 is 0 Å². The number of carbonyl (C=O) groups is 1. The minimum Gasteiger partial charge on any atom is -0.489 e. The fraction of sp³-hybridized carbons (Fsp3) is 0.227. The van der Waals surface area contributed by atoms with E-state index >= 15 is 0 Å². The molecule has 0 unspecified atom stereocenters. The van der Waals surface area contributed by atoms with Crippen LogP contribution in [0.2, 0.25) is 0 Å². The molecule has 0 fully saturated rings. The molecule has 1 heterocycles. The summed E-state index contributed by atoms with van der Waals surface area (Å²) in [6, 6.07) is 16.4. The van der Waals surface area contributed by atoms with E-state index in [0.717, 1.165) is 17.1 Å². The zero-order chi connectivity index (χ0) is 20.6. The van der Waals surface area contributed by atoms with E-state index in [1.807, 2.05) is 38.1 Å². The summed E-state index contributed by atoms with van der Waals surface area (Å²) >= 11 is 0. The first kappa shape index (κ1) is 20.1. The van der Waals surface area contributed by atoms with Gasteiger partial charge in [0.1, 0.15) is 11.6 Å². The molecule has 0 atom stereocenters. The van der Waals surface area contributed by atoms with Gasteiger partial charge >= 0.3 is 5.97 Å². The van der Waals surface area contributed by atoms with E-state index in [1.54, 1.807) is 43.5 Å². The number of esters is 1. The number of anilines is 4. The van der Waals surface area contributed by atoms with Gasteiger partial charge in [-0.1, -0.05) is 12.1 Å². The predicted octanol–water partition coefficient (Wildman–Crippen LogP) is 4.93. The number of aromatic nitrogens is 2. The van der Waals surface area contributed by atoms with Crippen molar-refractivity contribution >= 4 is 29.1 Å². The van der Waals surface area contributed by atoms with E-state index in [4.69, 9.17) is 9.47 Å². The molecular weight excluding hydrogens is 368 g/mol. The first-order valence-electron chi connectivity index (χ1n) is 9.45. The molecule has 0 bridgehead atoms. The second kappa shape index (κ2) is 9.54. The Morgan fingerprint density at radius 1 is 1.03 bits per heavy atom. The van der Waals surface area contributed by atoms with Gasteiger partial charge in [0.25, 0.3) is 0 Å². The van der Waals surface area contributed by atoms with Gasteiger partial charge in [0.2, 0.25) is 5.95 Å². The molecule has 2 aromatic carbocycles. The number of hydrogen-bond donors (Lipinski definition) is 2. The summed E-state index contributed by atoms with van der Waals surface area (Å²) in [7, 11) is 0. The molecule has 2 N–H and O–H groups in total. The summed E-state index contributed by atoms with van der Waals surface area (Å²) in [6.07, 6.45) is 1.73. The van der Waals surface area contributed by atoms with Gasteiger partial charge in [-0.15, -0.1) is 0 Å². The molecule has 0 aliphatic carbocycles. The van der Waals surface area contributed by atoms with Gasteiger partial charge in [0.15, 0.2) is 0 Å². The third-order valence-corrected chi connectivity index (χ3v) is 3.82. The topological polar surface area (TPSA) is 85.4 Å². The van der Waals surface area contributed by atoms with E-state index in [1.165, 1.54) is 0 Å². The monoisotopic (exact) mass is 392 g/mol. The first-order chi connectivity index (χ1) is 14.0. The van der Waals surface area contributed by atoms with Crippen molar-refractivity contribution in [2.24, 2.45) is 0 Å². The Morgan fingerprint density at radius 2 is 1.79 bits per heavy atom. The fourth-order valence-corrected chi connectivity index (χ4v) is 2.59. The van der Waals surface area contributed by atoms with Crippen LogP contribution < -0.4 is 15.4 Å². The molecule has 1 aromatic heterocycles. The first-order valence-corrected chi connectivity index (χ1v) is 9.45. The predicted molar refractivity (Wildman–Crippen MR) is 113 cm³/mol. The van der Waals surface area contributed by atoms with E-state index in [-0.39, 0.29) is 12.1 Å². The smallest absolute Gasteiger partial charge is 0.338 e. The van der Waals surface area contributed by atoms with E-state index in [2.05, 4.69) is 20.6 Å². The van der Waals surface area contributed by atoms with Crippen molar-refractivity contribution in [2.45, 2.75) is 26.9 Å². The van der Waals surface area contributed by atoms with Crippen LogP contribution in [-0.2, 0) is 4.74 Å². The largest absolute Gasteiger partial charge is 0.489 e. The zero-order valence-electron chi connectivity index (χ0n) is 16.7. The lowest BCUT2D eigenvalue weighted by atomic mass is 10.2. The van der Waals surface area contributed by atoms with E-state index in [0.29, 0.717) is 23.9 Å². The molecule has 0 aliphatic heterocycles. The summed E-state index contributed by atoms with van der Waals surface area (Å²) in [5.74, 6) is 1.47. The molecule has 0 aliphatic rings. The maximum Gasteiger partial charge on any atom is 0.338 e. The quantitative estimate of drug-likeness (QED) is 0.526. The second-order valence-electron chi connectivity index (χ2n) is 6.48. The Bertz CT molecular complexity index is 958. The van der Waals surface area contributed by atoms with Crippen molar-refractivity contribution in [3.8, 4) is 5.75 Å². The summed E-state index contributed by atoms with van der Waals surface area (Å²) in [4.78, 5) is 20.5. The van der Waals surface area contributed by atoms with Gasteiger partial charge in [-0.2, -0.15) is 4.98 Å². The van der Waals surface area contributed by atoms with Gasteiger partial charge < -0.3 is 20.1 Å². The number of nitrogens with zero attached hydrogens (tertiary/aromatic N) is 2. The Balaban J connectivity index is 1.71. The molecule has 3 aromatic rings. The van der Waals surface area contributed by atoms with Crippen molar-refractivity contribution in [1.29, 1.82) is 0 Å². The average Bonchev–Trinajstić information content (AvgIpc) is 2.70. The minimum absolute atomic E-state index is 0.0677. The average molecular weight is 392 g/mol. The standard InChI is InChI=1S/C22H24N4O3/c1-4-28-21(27)16-9-11-17(12-10-16)24-22-23-14-13-20(26-22)25-18-7-5-6-8-19(18)29-15(2)3/h5-15H,4H2,1-3H3,(H2,23,24,25,26). The lowest BCUT2D eigenvalue weighted by molar-refractivity contribution is 0.0526. The Labute approximate surface area is 170 Å². The third-order valence-electron chi connectivity index (χ3n) is 3.82. The van der Waals surface area contributed by atoms with Crippen LogP contribution in [0.4, 0.5) is 23.1 Å². The van der Waals surface area contributed by atoms with Gasteiger partial charge in [0.05, 0.1) is 24.0 Å². The summed E-state index contributed by atoms with van der Waals surface area (Å²) in [5.41, 5.74) is 2.08. The molecule has 0 amide bonds. The molecule has 3 rings (SSSR count). The van der Waals surface area contributed by atoms with Crippen LogP contribution in [0, 0.1) is 0 Å². The van der Waals surface area contributed by atoms with Crippen molar-refractivity contribution in [2.75, 3.05) is 17.2 Å². The van der Waals surface area contributed by atoms with Crippen LogP contribution in [-0.4, -0.2) is 28.6 Å². The number of nitrogens with one attached hydrogen (secondary N) is 2. The molecular formula is C22H24N4O3. The molecule has 0 radical (unpaired) electrons. The lowest BCUT2D eigenvalue weighted by Crippen LogP contribution is -2.08. The summed E-state index contributed by atoms with van der Waals surface area (Å²) < 4.78 is 10.8. The number of carbonyl (C=O) groups excluding carboxylic acids is 1. The van der Waals surface area contributed by atoms with Crippen molar-refractivity contribution in [3.05, 3.63) is 66.4 Å². The normalized spacial score (nSPS) is 10.5. The van der Waals surface area contributed by atoms with Gasteiger partial charge in [0, 0.05) is 11.9 Å². The molecule has 0 spiro atoms. The second-order valence-corrected chi connectivity index (χ2v) is 6.48. The Morgan fingerprint density at radius 3 is 2.52 bits per heavy atom. The maximum absolute atomic E-state index is 11.7. The third kappa shape index (κ3) is 5.68. The highest BCUT2D eigenvalue weighted by atomic mass is 16.5. The number of rotatable bonds is 8. The highest BCUT2D eigenvalue weighted by Gasteiger charge is 2.08. The van der Waals surface area contributed by atoms with Crippen LogP contribution in [0.5, 0.6) is 5.75 Å². The van der Waals surface area contributed by atoms with Crippen molar-refractivity contribution < 1.29 is 14.3 Å². The number of ether oxygens (including phenoxy) is 2. The Hall–Kier alpha value is -3.61. The summed E-state index contributed by atoms with van der Waals surface area (Å²) in [5, 5.41) is 6.39. The van der Waals surface area contributed by atoms with Crippen molar-refractivity contribution in [3.63, 3.8) is 0 Å². The highest BCUT2D eigenvalue weighted by molar-refractivity contribution is 5.89. The van der Waals surface area contributed by atoms with Crippen molar-refractivity contribution in [1.82, 2.24) is 9.97 Å². The SMILES string of the molecule is CCOC(=O)c1ccc(Nc2nccc(Nc3ccccc3OC(C)C)n2)cc1. The summed E-state index contributed by atoms with van der Waals surface area (Å²) in [6.45, 7) is 6.09. The van der Waals surface area contributed by atoms with Crippen LogP contribution in [0.3, 0.4) is 0 Å². The molecule has 0 saturated carbocycles. The number of hydrogen-bond acceptors (Lipinski definition) is 7. The van der Waals surface area contributed by atoms with Crippen LogP contribution in [0.25, 0.3) is 0 Å². The van der Waals surface area contributed by atoms with Gasteiger partial charge in [-0.05, 0) is 63.2 Å². The number of para-hydroxylation sites is 2. The number of benzene rings is 2. The molecule has 7 nitrogen and oxygen atoms in total. The Kier molecular flexibility index (Phi) is 6.63. The van der Waals surface area contributed by atoms with Crippen LogP contribution in [0.15, 0.2) is 60.8 Å². The van der Waals surface area contributed by atoms with Gasteiger partial charge in [-0.25, -0.2) is 9.78 Å². The fourth-order valence-electron chi connectivity index (χ4n) is 2.59. The van der Waals surface area contributed by atoms with Gasteiger partial charge in [-0.3, -0.25) is 0 Å². The molecule has 150 valence electrons. The van der Waals surface area contributed by atoms with Crippen LogP contribution in [0.1, 0.15) is 31.1 Å². The zero-order valence-corrected chi connectivity index (χ0v) is 16.7.